The van der Waals surface area contributed by atoms with Crippen LogP contribution in [0.4, 0.5) is 13.2 Å². The van der Waals surface area contributed by atoms with Gasteiger partial charge in [0.2, 0.25) is 0 Å². The molecule has 2 aromatic rings. The molecule has 1 aromatic carbocycles. The molecule has 1 amide bonds. The molecule has 0 spiro atoms. The predicted octanol–water partition coefficient (Wildman–Crippen LogP) is 4.05. The molecule has 0 aliphatic carbocycles. The number of halogens is 4. The normalized spacial score (nSPS) is 17.6. The SMILES string of the molecule is O=C(c1cccc(C(F)(F)F)c1)N1CCC(Oc2ccncc2Cl)C1. The van der Waals surface area contributed by atoms with E-state index in [0.29, 0.717) is 23.7 Å². The van der Waals surface area contributed by atoms with Gasteiger partial charge < -0.3 is 9.64 Å². The van der Waals surface area contributed by atoms with Gasteiger partial charge in [0.15, 0.2) is 0 Å². The van der Waals surface area contributed by atoms with Gasteiger partial charge in [-0.3, -0.25) is 9.78 Å². The number of amides is 1. The molecular formula is C17H14ClF3N2O2. The lowest BCUT2D eigenvalue weighted by Crippen LogP contribution is -2.31. The van der Waals surface area contributed by atoms with Gasteiger partial charge in [0.25, 0.3) is 5.91 Å². The van der Waals surface area contributed by atoms with Crippen LogP contribution < -0.4 is 4.74 Å². The van der Waals surface area contributed by atoms with Crippen molar-refractivity contribution in [2.24, 2.45) is 0 Å². The summed E-state index contributed by atoms with van der Waals surface area (Å²) in [5, 5.41) is 0.366. The molecule has 2 heterocycles. The number of hydrogen-bond acceptors (Lipinski definition) is 3. The summed E-state index contributed by atoms with van der Waals surface area (Å²) in [6.07, 6.45) is -1.18. The first-order valence-corrected chi connectivity index (χ1v) is 7.95. The Morgan fingerprint density at radius 2 is 2.12 bits per heavy atom. The van der Waals surface area contributed by atoms with Crippen molar-refractivity contribution >= 4 is 17.5 Å². The van der Waals surface area contributed by atoms with Crippen LogP contribution in [0.15, 0.2) is 42.7 Å². The summed E-state index contributed by atoms with van der Waals surface area (Å²) in [6.45, 7) is 0.691. The summed E-state index contributed by atoms with van der Waals surface area (Å²) in [6, 6.07) is 6.05. The van der Waals surface area contributed by atoms with Crippen molar-refractivity contribution < 1.29 is 22.7 Å². The standard InChI is InChI=1S/C17H14ClF3N2O2/c18-14-9-22-6-4-15(14)25-13-5-7-23(10-13)16(24)11-2-1-3-12(8-11)17(19,20)21/h1-4,6,8-9,13H,5,7,10H2. The lowest BCUT2D eigenvalue weighted by atomic mass is 10.1. The Hall–Kier alpha value is -2.28. The lowest BCUT2D eigenvalue weighted by Gasteiger charge is -2.18. The van der Waals surface area contributed by atoms with Crippen LogP contribution in [0.1, 0.15) is 22.3 Å². The topological polar surface area (TPSA) is 42.4 Å². The van der Waals surface area contributed by atoms with E-state index in [1.807, 2.05) is 0 Å². The number of aromatic nitrogens is 1. The third kappa shape index (κ3) is 4.04. The van der Waals surface area contributed by atoms with Crippen LogP contribution in [0.2, 0.25) is 5.02 Å². The summed E-state index contributed by atoms with van der Waals surface area (Å²) in [7, 11) is 0. The van der Waals surface area contributed by atoms with Crippen LogP contribution in [-0.2, 0) is 6.18 Å². The van der Waals surface area contributed by atoms with Crippen LogP contribution in [0, 0.1) is 0 Å². The van der Waals surface area contributed by atoms with E-state index in [1.165, 1.54) is 23.2 Å². The van der Waals surface area contributed by atoms with Crippen LogP contribution in [0.25, 0.3) is 0 Å². The Balaban J connectivity index is 1.68. The van der Waals surface area contributed by atoms with E-state index in [4.69, 9.17) is 16.3 Å². The zero-order chi connectivity index (χ0) is 18.0. The zero-order valence-corrected chi connectivity index (χ0v) is 13.7. The highest BCUT2D eigenvalue weighted by molar-refractivity contribution is 6.31. The fraction of sp³-hybridized carbons (Fsp3) is 0.294. The van der Waals surface area contributed by atoms with Crippen LogP contribution in [0.5, 0.6) is 5.75 Å². The highest BCUT2D eigenvalue weighted by Crippen LogP contribution is 2.30. The molecule has 4 nitrogen and oxygen atoms in total. The van der Waals surface area contributed by atoms with E-state index in [9.17, 15) is 18.0 Å². The summed E-state index contributed by atoms with van der Waals surface area (Å²) < 4.78 is 44.1. The highest BCUT2D eigenvalue weighted by atomic mass is 35.5. The third-order valence-electron chi connectivity index (χ3n) is 3.90. The van der Waals surface area contributed by atoms with E-state index < -0.39 is 17.6 Å². The Morgan fingerprint density at radius 1 is 1.32 bits per heavy atom. The van der Waals surface area contributed by atoms with E-state index >= 15 is 0 Å². The van der Waals surface area contributed by atoms with Gasteiger partial charge in [-0.15, -0.1) is 0 Å². The van der Waals surface area contributed by atoms with Crippen LogP contribution >= 0.6 is 11.6 Å². The summed E-state index contributed by atoms with van der Waals surface area (Å²) in [5.74, 6) is 0.0214. The quantitative estimate of drug-likeness (QED) is 0.818. The summed E-state index contributed by atoms with van der Waals surface area (Å²) >= 11 is 5.98. The molecule has 1 aromatic heterocycles. The molecule has 1 atom stereocenters. The smallest absolute Gasteiger partial charge is 0.416 e. The van der Waals surface area contributed by atoms with Crippen LogP contribution in [0.3, 0.4) is 0 Å². The van der Waals surface area contributed by atoms with Crippen molar-refractivity contribution in [1.29, 1.82) is 0 Å². The van der Waals surface area contributed by atoms with Gasteiger partial charge in [-0.2, -0.15) is 13.2 Å². The van der Waals surface area contributed by atoms with E-state index in [0.717, 1.165) is 12.1 Å². The molecule has 0 bridgehead atoms. The number of nitrogens with zero attached hydrogens (tertiary/aromatic N) is 2. The monoisotopic (exact) mass is 370 g/mol. The van der Waals surface area contributed by atoms with Gasteiger partial charge in [0.05, 0.1) is 12.1 Å². The number of rotatable bonds is 3. The second kappa shape index (κ2) is 6.92. The number of alkyl halides is 3. The first-order chi connectivity index (χ1) is 11.8. The molecule has 0 N–H and O–H groups in total. The second-order valence-electron chi connectivity index (χ2n) is 5.66. The van der Waals surface area contributed by atoms with Crippen molar-refractivity contribution in [1.82, 2.24) is 9.88 Å². The average Bonchev–Trinajstić information content (AvgIpc) is 3.04. The van der Waals surface area contributed by atoms with Gasteiger partial charge in [-0.1, -0.05) is 17.7 Å². The van der Waals surface area contributed by atoms with E-state index in [1.54, 1.807) is 12.3 Å². The summed E-state index contributed by atoms with van der Waals surface area (Å²) in [5.41, 5.74) is -0.827. The minimum absolute atomic E-state index is 0.0115. The molecule has 0 radical (unpaired) electrons. The molecule has 1 saturated heterocycles. The second-order valence-corrected chi connectivity index (χ2v) is 6.07. The van der Waals surface area contributed by atoms with Crippen molar-refractivity contribution in [3.05, 3.63) is 58.9 Å². The maximum Gasteiger partial charge on any atom is 0.416 e. The Morgan fingerprint density at radius 3 is 2.84 bits per heavy atom. The summed E-state index contributed by atoms with van der Waals surface area (Å²) in [4.78, 5) is 17.8. The predicted molar refractivity (Wildman–Crippen MR) is 85.6 cm³/mol. The first kappa shape index (κ1) is 17.5. The number of ether oxygens (including phenoxy) is 1. The van der Waals surface area contributed by atoms with Crippen molar-refractivity contribution in [3.63, 3.8) is 0 Å². The van der Waals surface area contributed by atoms with Crippen molar-refractivity contribution in [2.45, 2.75) is 18.7 Å². The average molecular weight is 371 g/mol. The number of carbonyl (C=O) groups excluding carboxylic acids is 1. The number of pyridine rings is 1. The molecule has 1 unspecified atom stereocenters. The molecule has 25 heavy (non-hydrogen) atoms. The molecule has 1 aliphatic rings. The molecule has 1 aliphatic heterocycles. The van der Waals surface area contributed by atoms with Gasteiger partial charge in [-0.25, -0.2) is 0 Å². The first-order valence-electron chi connectivity index (χ1n) is 7.57. The number of carbonyl (C=O) groups is 1. The Bertz CT molecular complexity index is 782. The fourth-order valence-electron chi connectivity index (χ4n) is 2.66. The van der Waals surface area contributed by atoms with Gasteiger partial charge >= 0.3 is 6.18 Å². The Labute approximate surface area is 147 Å². The number of benzene rings is 1. The molecule has 3 rings (SSSR count). The zero-order valence-electron chi connectivity index (χ0n) is 13.0. The van der Waals surface area contributed by atoms with E-state index in [-0.39, 0.29) is 18.2 Å². The largest absolute Gasteiger partial charge is 0.487 e. The van der Waals surface area contributed by atoms with Crippen LogP contribution in [-0.4, -0.2) is 35.0 Å². The number of likely N-dealkylation sites (tertiary alicyclic amines) is 1. The fourth-order valence-corrected chi connectivity index (χ4v) is 2.82. The molecule has 1 fully saturated rings. The van der Waals surface area contributed by atoms with Crippen molar-refractivity contribution in [2.75, 3.05) is 13.1 Å². The van der Waals surface area contributed by atoms with E-state index in [2.05, 4.69) is 4.98 Å². The molecule has 0 saturated carbocycles. The van der Waals surface area contributed by atoms with Gasteiger partial charge in [0, 0.05) is 37.0 Å². The minimum Gasteiger partial charge on any atom is -0.487 e. The highest BCUT2D eigenvalue weighted by Gasteiger charge is 2.33. The lowest BCUT2D eigenvalue weighted by molar-refractivity contribution is -0.137. The third-order valence-corrected chi connectivity index (χ3v) is 4.18. The minimum atomic E-state index is -4.48. The number of hydrogen-bond donors (Lipinski definition) is 0. The maximum absolute atomic E-state index is 12.8. The maximum atomic E-state index is 12.8. The molecule has 132 valence electrons. The Kier molecular flexibility index (Phi) is 4.85. The van der Waals surface area contributed by atoms with Gasteiger partial charge in [-0.05, 0) is 18.2 Å². The van der Waals surface area contributed by atoms with Crippen molar-refractivity contribution in [3.8, 4) is 5.75 Å². The molecule has 8 heteroatoms. The molecular weight excluding hydrogens is 357 g/mol. The van der Waals surface area contributed by atoms with Gasteiger partial charge in [0.1, 0.15) is 16.9 Å².